The number of carbonyl (C=O) groups is 1. The maximum atomic E-state index is 11.6. The second-order valence-corrected chi connectivity index (χ2v) is 5.03. The van der Waals surface area contributed by atoms with Gasteiger partial charge in [-0.2, -0.15) is 0 Å². The van der Waals surface area contributed by atoms with E-state index in [0.29, 0.717) is 31.0 Å². The van der Waals surface area contributed by atoms with Gasteiger partial charge in [0.05, 0.1) is 19.8 Å². The van der Waals surface area contributed by atoms with Gasteiger partial charge in [-0.25, -0.2) is 4.79 Å². The molecule has 1 aromatic carbocycles. The minimum absolute atomic E-state index is 0.156. The Morgan fingerprint density at radius 3 is 2.42 bits per heavy atom. The first-order chi connectivity index (χ1) is 11.6. The van der Waals surface area contributed by atoms with Crippen LogP contribution in [0.4, 0.5) is 0 Å². The summed E-state index contributed by atoms with van der Waals surface area (Å²) in [6.45, 7) is 4.34. The fraction of sp³-hybridized carbons (Fsp3) is 0.500. The maximum Gasteiger partial charge on any atom is 0.333 e. The van der Waals surface area contributed by atoms with Gasteiger partial charge < -0.3 is 23.7 Å². The number of benzene rings is 1. The van der Waals surface area contributed by atoms with Crippen LogP contribution < -0.4 is 9.47 Å². The first-order valence-corrected chi connectivity index (χ1v) is 7.82. The van der Waals surface area contributed by atoms with Gasteiger partial charge in [-0.15, -0.1) is 0 Å². The lowest BCUT2D eigenvalue weighted by Gasteiger charge is -2.17. The van der Waals surface area contributed by atoms with Crippen molar-refractivity contribution in [2.24, 2.45) is 0 Å². The first kappa shape index (κ1) is 20.0. The number of hydrogen-bond acceptors (Lipinski definition) is 6. The van der Waals surface area contributed by atoms with E-state index in [1.165, 1.54) is 0 Å². The van der Waals surface area contributed by atoms with Crippen LogP contribution in [0.5, 0.6) is 11.5 Å². The zero-order valence-electron chi connectivity index (χ0n) is 14.7. The smallest absolute Gasteiger partial charge is 0.333 e. The van der Waals surface area contributed by atoms with Crippen molar-refractivity contribution in [1.82, 2.24) is 0 Å². The van der Waals surface area contributed by atoms with Crippen molar-refractivity contribution in [2.75, 3.05) is 34.2 Å². The monoisotopic (exact) mass is 338 g/mol. The highest BCUT2D eigenvalue weighted by atomic mass is 16.7. The largest absolute Gasteiger partial charge is 0.497 e. The average Bonchev–Trinajstić information content (AvgIpc) is 2.61. The number of esters is 1. The van der Waals surface area contributed by atoms with E-state index >= 15 is 0 Å². The second-order valence-electron chi connectivity index (χ2n) is 5.03. The molecule has 1 aromatic rings. The van der Waals surface area contributed by atoms with Crippen LogP contribution in [0, 0.1) is 0 Å². The van der Waals surface area contributed by atoms with E-state index in [9.17, 15) is 4.79 Å². The molecule has 0 N–H and O–H groups in total. The summed E-state index contributed by atoms with van der Waals surface area (Å²) in [6.07, 6.45) is 2.07. The molecule has 0 fully saturated rings. The van der Waals surface area contributed by atoms with Crippen molar-refractivity contribution < 1.29 is 28.5 Å². The van der Waals surface area contributed by atoms with Crippen molar-refractivity contribution in [3.8, 4) is 11.5 Å². The van der Waals surface area contributed by atoms with Gasteiger partial charge in [-0.3, -0.25) is 0 Å². The lowest BCUT2D eigenvalue weighted by molar-refractivity contribution is -0.138. The van der Waals surface area contributed by atoms with Gasteiger partial charge in [0.15, 0.2) is 0 Å². The molecule has 1 rings (SSSR count). The molecule has 0 aromatic heterocycles. The lowest BCUT2D eigenvalue weighted by atomic mass is 10.2. The molecule has 1 atom stereocenters. The van der Waals surface area contributed by atoms with Gasteiger partial charge in [0.1, 0.15) is 24.9 Å². The molecular formula is C18H26O6. The summed E-state index contributed by atoms with van der Waals surface area (Å²) in [4.78, 5) is 11.6. The zero-order chi connectivity index (χ0) is 17.8. The Hall–Kier alpha value is -2.05. The Bertz CT molecular complexity index is 509. The molecule has 0 amide bonds. The predicted molar refractivity (Wildman–Crippen MR) is 90.2 cm³/mol. The van der Waals surface area contributed by atoms with E-state index < -0.39 is 0 Å². The summed E-state index contributed by atoms with van der Waals surface area (Å²) in [5.74, 6) is 1.16. The first-order valence-electron chi connectivity index (χ1n) is 7.82. The summed E-state index contributed by atoms with van der Waals surface area (Å²) >= 11 is 0. The highest BCUT2D eigenvalue weighted by molar-refractivity contribution is 5.87. The van der Waals surface area contributed by atoms with Crippen LogP contribution in [0.1, 0.15) is 20.3 Å². The molecule has 0 saturated carbocycles. The molecule has 0 spiro atoms. The van der Waals surface area contributed by atoms with Crippen LogP contribution in [0.25, 0.3) is 0 Å². The van der Waals surface area contributed by atoms with Crippen LogP contribution >= 0.6 is 0 Å². The van der Waals surface area contributed by atoms with E-state index in [4.69, 9.17) is 23.7 Å². The summed E-state index contributed by atoms with van der Waals surface area (Å²) in [5.41, 5.74) is 0.548. The molecule has 24 heavy (non-hydrogen) atoms. The minimum atomic E-state index is -0.320. The highest BCUT2D eigenvalue weighted by Gasteiger charge is 2.11. The van der Waals surface area contributed by atoms with Crippen LogP contribution in [0.2, 0.25) is 0 Å². The molecule has 0 aliphatic rings. The molecule has 134 valence electrons. The molecule has 6 heteroatoms. The van der Waals surface area contributed by atoms with Crippen molar-refractivity contribution in [1.29, 1.82) is 0 Å². The number of ether oxygens (including phenoxy) is 5. The van der Waals surface area contributed by atoms with E-state index in [-0.39, 0.29) is 18.9 Å². The van der Waals surface area contributed by atoms with E-state index in [0.717, 1.165) is 5.75 Å². The van der Waals surface area contributed by atoms with Crippen LogP contribution in [-0.2, 0) is 19.0 Å². The third kappa shape index (κ3) is 7.48. The fourth-order valence-corrected chi connectivity index (χ4v) is 1.85. The van der Waals surface area contributed by atoms with E-state index in [1.54, 1.807) is 34.1 Å². The topological polar surface area (TPSA) is 63.2 Å². The van der Waals surface area contributed by atoms with Gasteiger partial charge in [0.25, 0.3) is 0 Å². The lowest BCUT2D eigenvalue weighted by Crippen LogP contribution is -2.22. The summed E-state index contributed by atoms with van der Waals surface area (Å²) in [5, 5.41) is 0. The van der Waals surface area contributed by atoms with Crippen LogP contribution in [0.15, 0.2) is 35.9 Å². The molecule has 0 heterocycles. The van der Waals surface area contributed by atoms with Crippen molar-refractivity contribution >= 4 is 5.97 Å². The summed E-state index contributed by atoms with van der Waals surface area (Å²) in [7, 11) is 3.17. The quantitative estimate of drug-likeness (QED) is 0.351. The number of methoxy groups -OCH3 is 2. The second kappa shape index (κ2) is 11.5. The molecule has 6 nitrogen and oxygen atoms in total. The Kier molecular flexibility index (Phi) is 9.56. The third-order valence-electron chi connectivity index (χ3n) is 3.20. The Balaban J connectivity index is 2.57. The molecule has 0 aliphatic heterocycles. The molecule has 0 unspecified atom stereocenters. The Labute approximate surface area is 143 Å². The predicted octanol–water partition coefficient (Wildman–Crippen LogP) is 2.96. The molecule has 0 bridgehead atoms. The SMILES string of the molecule is CCOC(=O)/C(C)=C/C[C@H](COc1ccc(OC)cc1)OCOC. The minimum Gasteiger partial charge on any atom is -0.497 e. The highest BCUT2D eigenvalue weighted by Crippen LogP contribution is 2.18. The van der Waals surface area contributed by atoms with E-state index in [2.05, 4.69) is 0 Å². The van der Waals surface area contributed by atoms with Gasteiger partial charge in [0, 0.05) is 12.7 Å². The normalized spacial score (nSPS) is 12.6. The number of rotatable bonds is 11. The molecule has 0 radical (unpaired) electrons. The molecular weight excluding hydrogens is 312 g/mol. The summed E-state index contributed by atoms with van der Waals surface area (Å²) < 4.78 is 26.3. The van der Waals surface area contributed by atoms with Crippen molar-refractivity contribution in [2.45, 2.75) is 26.4 Å². The van der Waals surface area contributed by atoms with Crippen LogP contribution in [0.3, 0.4) is 0 Å². The van der Waals surface area contributed by atoms with Gasteiger partial charge in [0.2, 0.25) is 0 Å². The van der Waals surface area contributed by atoms with Crippen LogP contribution in [-0.4, -0.2) is 46.3 Å². The zero-order valence-corrected chi connectivity index (χ0v) is 14.7. The standard InChI is InChI=1S/C18H26O6/c1-5-22-18(19)14(2)6-7-17(24-13-20-3)12-23-16-10-8-15(21-4)9-11-16/h6,8-11,17H,5,7,12-13H2,1-4H3/b14-6+/t17-/m1/s1. The number of hydrogen-bond donors (Lipinski definition) is 0. The third-order valence-corrected chi connectivity index (χ3v) is 3.20. The maximum absolute atomic E-state index is 11.6. The fourth-order valence-electron chi connectivity index (χ4n) is 1.85. The van der Waals surface area contributed by atoms with Gasteiger partial charge in [-0.05, 0) is 44.5 Å². The summed E-state index contributed by atoms with van der Waals surface area (Å²) in [6, 6.07) is 7.30. The van der Waals surface area contributed by atoms with E-state index in [1.807, 2.05) is 24.3 Å². The molecule has 0 aliphatic carbocycles. The van der Waals surface area contributed by atoms with Gasteiger partial charge in [-0.1, -0.05) is 6.08 Å². The van der Waals surface area contributed by atoms with Crippen molar-refractivity contribution in [3.05, 3.63) is 35.9 Å². The Morgan fingerprint density at radius 1 is 1.17 bits per heavy atom. The average molecular weight is 338 g/mol. The van der Waals surface area contributed by atoms with Crippen molar-refractivity contribution in [3.63, 3.8) is 0 Å². The Morgan fingerprint density at radius 2 is 1.83 bits per heavy atom. The van der Waals surface area contributed by atoms with Gasteiger partial charge >= 0.3 is 5.97 Å². The number of carbonyl (C=O) groups excluding carboxylic acids is 1. The molecule has 0 saturated heterocycles.